The quantitative estimate of drug-likeness (QED) is 0.896. The zero-order valence-corrected chi connectivity index (χ0v) is 12.7. The molecule has 0 radical (unpaired) electrons. The maximum absolute atomic E-state index is 12.0. The van der Waals surface area contributed by atoms with Gasteiger partial charge in [-0.3, -0.25) is 4.79 Å². The molecule has 2 rings (SSSR count). The minimum Gasteiger partial charge on any atom is -0.389 e. The van der Waals surface area contributed by atoms with E-state index in [1.807, 2.05) is 42.5 Å². The Bertz CT molecular complexity index is 594. The molecule has 1 amide bonds. The van der Waals surface area contributed by atoms with Crippen LogP contribution in [0.5, 0.6) is 0 Å². The molecule has 0 aliphatic carbocycles. The average molecular weight is 334 g/mol. The van der Waals surface area contributed by atoms with Gasteiger partial charge in [0.25, 0.3) is 0 Å². The van der Waals surface area contributed by atoms with Crippen molar-refractivity contribution in [1.29, 1.82) is 0 Å². The van der Waals surface area contributed by atoms with Crippen molar-refractivity contribution >= 4 is 27.5 Å². The van der Waals surface area contributed by atoms with Crippen LogP contribution in [-0.4, -0.2) is 11.0 Å². The van der Waals surface area contributed by atoms with Gasteiger partial charge < -0.3 is 10.4 Å². The number of benzene rings is 2. The van der Waals surface area contributed by atoms with Crippen LogP contribution in [-0.2, 0) is 11.2 Å². The highest BCUT2D eigenvalue weighted by molar-refractivity contribution is 9.10. The Morgan fingerprint density at radius 2 is 1.95 bits per heavy atom. The first kappa shape index (κ1) is 14.8. The number of anilines is 1. The third-order valence-electron chi connectivity index (χ3n) is 2.93. The summed E-state index contributed by atoms with van der Waals surface area (Å²) in [6.07, 6.45) is -0.218. The van der Waals surface area contributed by atoms with Gasteiger partial charge in [-0.15, -0.1) is 0 Å². The monoisotopic (exact) mass is 333 g/mol. The Hall–Kier alpha value is -1.65. The van der Waals surface area contributed by atoms with Crippen LogP contribution in [0.3, 0.4) is 0 Å². The zero-order valence-electron chi connectivity index (χ0n) is 11.1. The number of hydrogen-bond acceptors (Lipinski definition) is 2. The van der Waals surface area contributed by atoms with E-state index >= 15 is 0 Å². The molecule has 3 nitrogen and oxygen atoms in total. The van der Waals surface area contributed by atoms with Crippen LogP contribution in [0.4, 0.5) is 5.69 Å². The number of aliphatic hydroxyl groups excluding tert-OH is 1. The Labute approximate surface area is 126 Å². The first-order chi connectivity index (χ1) is 9.54. The first-order valence-electron chi connectivity index (χ1n) is 6.37. The molecule has 0 aliphatic heterocycles. The van der Waals surface area contributed by atoms with Gasteiger partial charge in [0.05, 0.1) is 12.5 Å². The molecule has 1 atom stereocenters. The van der Waals surface area contributed by atoms with E-state index in [-0.39, 0.29) is 5.91 Å². The third-order valence-corrected chi connectivity index (χ3v) is 3.46. The second kappa shape index (κ2) is 6.68. The van der Waals surface area contributed by atoms with Gasteiger partial charge in [0, 0.05) is 10.2 Å². The summed E-state index contributed by atoms with van der Waals surface area (Å²) in [5.74, 6) is -0.0740. The lowest BCUT2D eigenvalue weighted by Crippen LogP contribution is -2.14. The summed E-state index contributed by atoms with van der Waals surface area (Å²) in [5, 5.41) is 12.4. The van der Waals surface area contributed by atoms with E-state index in [0.29, 0.717) is 12.1 Å². The number of nitrogens with one attached hydrogen (secondary N) is 1. The van der Waals surface area contributed by atoms with Crippen LogP contribution in [0, 0.1) is 0 Å². The van der Waals surface area contributed by atoms with Gasteiger partial charge in [-0.05, 0) is 42.3 Å². The SMILES string of the molecule is C[C@H](O)c1cccc(NC(=O)Cc2ccc(Br)cc2)c1. The molecule has 0 aliphatic rings. The molecule has 0 unspecified atom stereocenters. The van der Waals surface area contributed by atoms with E-state index in [4.69, 9.17) is 0 Å². The first-order valence-corrected chi connectivity index (χ1v) is 7.16. The molecule has 0 fully saturated rings. The van der Waals surface area contributed by atoms with E-state index in [9.17, 15) is 9.90 Å². The molecule has 2 aromatic rings. The molecule has 2 aromatic carbocycles. The van der Waals surface area contributed by atoms with Crippen molar-refractivity contribution in [2.24, 2.45) is 0 Å². The largest absolute Gasteiger partial charge is 0.389 e. The maximum atomic E-state index is 12.0. The van der Waals surface area contributed by atoms with Crippen molar-refractivity contribution in [3.63, 3.8) is 0 Å². The topological polar surface area (TPSA) is 49.3 Å². The summed E-state index contributed by atoms with van der Waals surface area (Å²) < 4.78 is 0.992. The van der Waals surface area contributed by atoms with Crippen molar-refractivity contribution in [3.05, 3.63) is 64.1 Å². The standard InChI is InChI=1S/C16H16BrNO2/c1-11(19)13-3-2-4-15(10-13)18-16(20)9-12-5-7-14(17)8-6-12/h2-8,10-11,19H,9H2,1H3,(H,18,20)/t11-/m0/s1. The second-order valence-corrected chi connectivity index (χ2v) is 5.57. The summed E-state index contributed by atoms with van der Waals surface area (Å²) >= 11 is 3.36. The summed E-state index contributed by atoms with van der Waals surface area (Å²) in [6.45, 7) is 1.70. The summed E-state index contributed by atoms with van der Waals surface area (Å²) in [5.41, 5.74) is 2.44. The molecule has 20 heavy (non-hydrogen) atoms. The number of carbonyl (C=O) groups excluding carboxylic acids is 1. The molecule has 0 spiro atoms. The molecular formula is C16H16BrNO2. The van der Waals surface area contributed by atoms with Gasteiger partial charge in [0.15, 0.2) is 0 Å². The maximum Gasteiger partial charge on any atom is 0.228 e. The lowest BCUT2D eigenvalue weighted by molar-refractivity contribution is -0.115. The highest BCUT2D eigenvalue weighted by Crippen LogP contribution is 2.17. The summed E-state index contributed by atoms with van der Waals surface area (Å²) in [4.78, 5) is 12.0. The molecule has 0 heterocycles. The highest BCUT2D eigenvalue weighted by atomic mass is 79.9. The fourth-order valence-electron chi connectivity index (χ4n) is 1.87. The normalized spacial score (nSPS) is 11.9. The minimum atomic E-state index is -0.543. The fourth-order valence-corrected chi connectivity index (χ4v) is 2.13. The number of aliphatic hydroxyl groups is 1. The second-order valence-electron chi connectivity index (χ2n) is 4.65. The van der Waals surface area contributed by atoms with Crippen LogP contribution in [0.2, 0.25) is 0 Å². The minimum absolute atomic E-state index is 0.0740. The lowest BCUT2D eigenvalue weighted by Gasteiger charge is -2.09. The number of amides is 1. The molecule has 0 saturated heterocycles. The van der Waals surface area contributed by atoms with Crippen LogP contribution in [0.25, 0.3) is 0 Å². The van der Waals surface area contributed by atoms with E-state index in [1.165, 1.54) is 0 Å². The number of halogens is 1. The predicted octanol–water partition coefficient (Wildman–Crippen LogP) is 3.68. The average Bonchev–Trinajstić information content (AvgIpc) is 2.41. The fraction of sp³-hybridized carbons (Fsp3) is 0.188. The summed E-state index contributed by atoms with van der Waals surface area (Å²) in [6, 6.07) is 14.9. The molecule has 0 saturated carbocycles. The van der Waals surface area contributed by atoms with Gasteiger partial charge in [0.1, 0.15) is 0 Å². The molecule has 4 heteroatoms. The molecule has 0 aromatic heterocycles. The predicted molar refractivity (Wildman–Crippen MR) is 83.6 cm³/mol. The third kappa shape index (κ3) is 4.18. The van der Waals surface area contributed by atoms with Gasteiger partial charge in [-0.2, -0.15) is 0 Å². The van der Waals surface area contributed by atoms with Gasteiger partial charge in [-0.1, -0.05) is 40.2 Å². The van der Waals surface area contributed by atoms with E-state index in [2.05, 4.69) is 21.2 Å². The van der Waals surface area contributed by atoms with Crippen molar-refractivity contribution in [3.8, 4) is 0 Å². The van der Waals surface area contributed by atoms with Gasteiger partial charge >= 0.3 is 0 Å². The zero-order chi connectivity index (χ0) is 14.5. The number of hydrogen-bond donors (Lipinski definition) is 2. The van der Waals surface area contributed by atoms with Gasteiger partial charge in [-0.25, -0.2) is 0 Å². The smallest absolute Gasteiger partial charge is 0.228 e. The van der Waals surface area contributed by atoms with E-state index in [0.717, 1.165) is 15.6 Å². The molecular weight excluding hydrogens is 318 g/mol. The molecule has 2 N–H and O–H groups in total. The van der Waals surface area contributed by atoms with Crippen molar-refractivity contribution in [1.82, 2.24) is 0 Å². The molecule has 0 bridgehead atoms. The van der Waals surface area contributed by atoms with Crippen molar-refractivity contribution < 1.29 is 9.90 Å². The Kier molecular flexibility index (Phi) is 4.93. The lowest BCUT2D eigenvalue weighted by atomic mass is 10.1. The van der Waals surface area contributed by atoms with Crippen LogP contribution in [0.15, 0.2) is 53.0 Å². The van der Waals surface area contributed by atoms with Crippen molar-refractivity contribution in [2.75, 3.05) is 5.32 Å². The molecule has 104 valence electrons. The van der Waals surface area contributed by atoms with Gasteiger partial charge in [0.2, 0.25) is 5.91 Å². The summed E-state index contributed by atoms with van der Waals surface area (Å²) in [7, 11) is 0. The van der Waals surface area contributed by atoms with Crippen LogP contribution < -0.4 is 5.32 Å². The van der Waals surface area contributed by atoms with E-state index in [1.54, 1.807) is 13.0 Å². The van der Waals surface area contributed by atoms with Crippen molar-refractivity contribution in [2.45, 2.75) is 19.4 Å². The van der Waals surface area contributed by atoms with Crippen LogP contribution in [0.1, 0.15) is 24.2 Å². The Morgan fingerprint density at radius 1 is 1.25 bits per heavy atom. The van der Waals surface area contributed by atoms with E-state index < -0.39 is 6.10 Å². The highest BCUT2D eigenvalue weighted by Gasteiger charge is 2.06. The number of carbonyl (C=O) groups is 1. The number of rotatable bonds is 4. The Morgan fingerprint density at radius 3 is 2.60 bits per heavy atom. The Balaban J connectivity index is 2.01. The van der Waals surface area contributed by atoms with Crippen LogP contribution >= 0.6 is 15.9 Å².